The van der Waals surface area contributed by atoms with E-state index >= 15 is 0 Å². The predicted octanol–water partition coefficient (Wildman–Crippen LogP) is 3.55. The van der Waals surface area contributed by atoms with Crippen molar-refractivity contribution >= 4 is 11.3 Å². The maximum Gasteiger partial charge on any atom is 0.0103 e. The van der Waals surface area contributed by atoms with Crippen LogP contribution in [0.15, 0.2) is 11.4 Å². The molecule has 0 fully saturated rings. The monoisotopic (exact) mass is 211 g/mol. The molecule has 0 aliphatic rings. The molecule has 1 rings (SSSR count). The summed E-state index contributed by atoms with van der Waals surface area (Å²) in [5.41, 5.74) is 1.45. The van der Waals surface area contributed by atoms with Crippen LogP contribution in [0.1, 0.15) is 43.6 Å². The Balaban J connectivity index is 2.36. The molecule has 0 bridgehead atoms. The maximum atomic E-state index is 3.46. The summed E-state index contributed by atoms with van der Waals surface area (Å²) in [6.07, 6.45) is 1.24. The van der Waals surface area contributed by atoms with Gasteiger partial charge in [-0.25, -0.2) is 0 Å². The van der Waals surface area contributed by atoms with Gasteiger partial charge in [0.25, 0.3) is 0 Å². The first-order chi connectivity index (χ1) is 6.61. The molecule has 0 amide bonds. The topological polar surface area (TPSA) is 12.0 Å². The van der Waals surface area contributed by atoms with E-state index in [1.807, 2.05) is 11.3 Å². The Morgan fingerprint density at radius 1 is 1.36 bits per heavy atom. The first kappa shape index (κ1) is 11.7. The number of thiophene rings is 1. The summed E-state index contributed by atoms with van der Waals surface area (Å²) in [5.74, 6) is 0.696. The van der Waals surface area contributed by atoms with Crippen molar-refractivity contribution in [1.29, 1.82) is 0 Å². The van der Waals surface area contributed by atoms with Gasteiger partial charge in [-0.2, -0.15) is 0 Å². The second-order valence-corrected chi connectivity index (χ2v) is 5.21. The number of hydrogen-bond acceptors (Lipinski definition) is 2. The van der Waals surface area contributed by atoms with Gasteiger partial charge in [0.05, 0.1) is 0 Å². The molecule has 0 spiro atoms. The molecule has 1 unspecified atom stereocenters. The lowest BCUT2D eigenvalue weighted by atomic mass is 10.0. The molecule has 1 atom stereocenters. The second kappa shape index (κ2) is 5.52. The summed E-state index contributed by atoms with van der Waals surface area (Å²) in [4.78, 5) is 1.55. The lowest BCUT2D eigenvalue weighted by Crippen LogP contribution is -2.24. The van der Waals surface area contributed by atoms with Crippen molar-refractivity contribution in [2.75, 3.05) is 6.54 Å². The summed E-state index contributed by atoms with van der Waals surface area (Å²) >= 11 is 1.89. The van der Waals surface area contributed by atoms with E-state index in [0.29, 0.717) is 12.0 Å². The molecule has 0 aliphatic heterocycles. The summed E-state index contributed by atoms with van der Waals surface area (Å²) in [5, 5.41) is 5.65. The molecule has 80 valence electrons. The molecule has 1 aromatic heterocycles. The summed E-state index contributed by atoms with van der Waals surface area (Å²) < 4.78 is 0. The van der Waals surface area contributed by atoms with Crippen LogP contribution in [0.2, 0.25) is 0 Å². The van der Waals surface area contributed by atoms with Gasteiger partial charge < -0.3 is 5.32 Å². The van der Waals surface area contributed by atoms with Crippen LogP contribution < -0.4 is 5.32 Å². The number of nitrogens with one attached hydrogen (secondary N) is 1. The van der Waals surface area contributed by atoms with Gasteiger partial charge in [0.2, 0.25) is 0 Å². The van der Waals surface area contributed by atoms with Crippen molar-refractivity contribution in [3.63, 3.8) is 0 Å². The highest BCUT2D eigenvalue weighted by Crippen LogP contribution is 2.27. The highest BCUT2D eigenvalue weighted by Gasteiger charge is 2.09. The smallest absolute Gasteiger partial charge is 0.0103 e. The van der Waals surface area contributed by atoms with E-state index in [-0.39, 0.29) is 0 Å². The first-order valence-corrected chi connectivity index (χ1v) is 6.26. The molecule has 0 aliphatic carbocycles. The summed E-state index contributed by atoms with van der Waals surface area (Å²) in [6.45, 7) is 10.0. The highest BCUT2D eigenvalue weighted by atomic mass is 32.1. The van der Waals surface area contributed by atoms with Gasteiger partial charge in [0, 0.05) is 10.9 Å². The third kappa shape index (κ3) is 3.43. The fourth-order valence-electron chi connectivity index (χ4n) is 1.61. The molecule has 1 N–H and O–H groups in total. The number of hydrogen-bond donors (Lipinski definition) is 1. The van der Waals surface area contributed by atoms with Gasteiger partial charge >= 0.3 is 0 Å². The van der Waals surface area contributed by atoms with E-state index in [1.165, 1.54) is 12.0 Å². The van der Waals surface area contributed by atoms with Crippen LogP contribution >= 0.6 is 11.3 Å². The zero-order valence-corrected chi connectivity index (χ0v) is 10.4. The molecule has 0 radical (unpaired) electrons. The molecule has 2 heteroatoms. The zero-order valence-electron chi connectivity index (χ0n) is 9.63. The van der Waals surface area contributed by atoms with Crippen LogP contribution in [-0.2, 0) is 0 Å². The lowest BCUT2D eigenvalue weighted by Gasteiger charge is -2.13. The fourth-order valence-corrected chi connectivity index (χ4v) is 2.63. The van der Waals surface area contributed by atoms with Crippen LogP contribution in [0.5, 0.6) is 0 Å². The van der Waals surface area contributed by atoms with Crippen molar-refractivity contribution < 1.29 is 0 Å². The summed E-state index contributed by atoms with van der Waals surface area (Å²) in [7, 11) is 0. The molecule has 0 saturated heterocycles. The predicted molar refractivity (Wildman–Crippen MR) is 65.2 cm³/mol. The largest absolute Gasteiger partial charge is 0.315 e. The zero-order chi connectivity index (χ0) is 10.6. The van der Waals surface area contributed by atoms with Crippen LogP contribution in [0, 0.1) is 6.92 Å². The van der Waals surface area contributed by atoms with Gasteiger partial charge in [-0.1, -0.05) is 20.8 Å². The van der Waals surface area contributed by atoms with Crippen LogP contribution in [0.4, 0.5) is 0 Å². The Morgan fingerprint density at radius 3 is 2.57 bits per heavy atom. The molecule has 0 aromatic carbocycles. The molecule has 1 nitrogen and oxygen atoms in total. The molecular formula is C12H21NS. The van der Waals surface area contributed by atoms with Crippen molar-refractivity contribution in [3.05, 3.63) is 21.9 Å². The molecule has 1 heterocycles. The average Bonchev–Trinajstić information content (AvgIpc) is 2.50. The maximum absolute atomic E-state index is 3.46. The second-order valence-electron chi connectivity index (χ2n) is 4.27. The van der Waals surface area contributed by atoms with Crippen LogP contribution in [-0.4, -0.2) is 12.6 Å². The highest BCUT2D eigenvalue weighted by molar-refractivity contribution is 7.10. The molecule has 1 aromatic rings. The van der Waals surface area contributed by atoms with Gasteiger partial charge in [-0.05, 0) is 42.8 Å². The minimum atomic E-state index is 0.603. The van der Waals surface area contributed by atoms with E-state index in [4.69, 9.17) is 0 Å². The van der Waals surface area contributed by atoms with Crippen LogP contribution in [0.25, 0.3) is 0 Å². The number of rotatable bonds is 5. The minimum Gasteiger partial charge on any atom is -0.315 e. The molecule has 14 heavy (non-hydrogen) atoms. The standard InChI is InChI=1S/C12H21NS/c1-9(2)13-7-5-10(3)12-11(4)6-8-14-12/h6,8-10,13H,5,7H2,1-4H3. The van der Waals surface area contributed by atoms with Gasteiger partial charge in [-0.15, -0.1) is 11.3 Å². The number of aryl methyl sites for hydroxylation is 1. The Morgan fingerprint density at radius 2 is 2.07 bits per heavy atom. The van der Waals surface area contributed by atoms with E-state index in [9.17, 15) is 0 Å². The third-order valence-electron chi connectivity index (χ3n) is 2.48. The third-order valence-corrected chi connectivity index (χ3v) is 3.73. The molecule has 0 saturated carbocycles. The van der Waals surface area contributed by atoms with Crippen LogP contribution in [0.3, 0.4) is 0 Å². The van der Waals surface area contributed by atoms with E-state index in [2.05, 4.69) is 44.5 Å². The van der Waals surface area contributed by atoms with Gasteiger partial charge in [0.1, 0.15) is 0 Å². The van der Waals surface area contributed by atoms with Crippen molar-refractivity contribution in [3.8, 4) is 0 Å². The van der Waals surface area contributed by atoms with Crippen molar-refractivity contribution in [1.82, 2.24) is 5.32 Å². The first-order valence-electron chi connectivity index (χ1n) is 5.38. The molecular weight excluding hydrogens is 190 g/mol. The Kier molecular flexibility index (Phi) is 4.63. The quantitative estimate of drug-likeness (QED) is 0.785. The van der Waals surface area contributed by atoms with Gasteiger partial charge in [-0.3, -0.25) is 0 Å². The van der Waals surface area contributed by atoms with Crippen molar-refractivity contribution in [2.45, 2.75) is 46.1 Å². The fraction of sp³-hybridized carbons (Fsp3) is 0.667. The minimum absolute atomic E-state index is 0.603. The van der Waals surface area contributed by atoms with E-state index in [1.54, 1.807) is 4.88 Å². The SMILES string of the molecule is Cc1ccsc1C(C)CCNC(C)C. The Hall–Kier alpha value is -0.340. The average molecular weight is 211 g/mol. The normalized spacial score (nSPS) is 13.5. The van der Waals surface area contributed by atoms with Gasteiger partial charge in [0.15, 0.2) is 0 Å². The van der Waals surface area contributed by atoms with E-state index < -0.39 is 0 Å². The lowest BCUT2D eigenvalue weighted by molar-refractivity contribution is 0.543. The van der Waals surface area contributed by atoms with Crippen molar-refractivity contribution in [2.24, 2.45) is 0 Å². The summed E-state index contributed by atoms with van der Waals surface area (Å²) in [6, 6.07) is 2.82. The Labute approximate surface area is 91.5 Å². The Bertz CT molecular complexity index is 265. The van der Waals surface area contributed by atoms with E-state index in [0.717, 1.165) is 6.54 Å².